The van der Waals surface area contributed by atoms with Gasteiger partial charge in [0.25, 0.3) is 0 Å². The van der Waals surface area contributed by atoms with Crippen LogP contribution in [0, 0.1) is 0 Å². The maximum Gasteiger partial charge on any atom is 0.343 e. The molecule has 1 aromatic carbocycles. The summed E-state index contributed by atoms with van der Waals surface area (Å²) in [6, 6.07) is 7.24. The molecule has 2 amide bonds. The van der Waals surface area contributed by atoms with Crippen LogP contribution in [0.3, 0.4) is 0 Å². The van der Waals surface area contributed by atoms with Gasteiger partial charge in [-0.1, -0.05) is 25.1 Å². The number of carbonyl (C=O) groups is 2. The Morgan fingerprint density at radius 3 is 2.74 bits per heavy atom. The highest BCUT2D eigenvalue weighted by molar-refractivity contribution is 7.99. The summed E-state index contributed by atoms with van der Waals surface area (Å²) < 4.78 is 1.56. The molecule has 1 aromatic heterocycles. The lowest BCUT2D eigenvalue weighted by Crippen LogP contribution is -2.23. The predicted octanol–water partition coefficient (Wildman–Crippen LogP) is 2.23. The summed E-state index contributed by atoms with van der Waals surface area (Å²) >= 11 is 1.23. The number of H-pyrrole nitrogens is 1. The van der Waals surface area contributed by atoms with Crippen molar-refractivity contribution in [2.45, 2.75) is 44.3 Å². The molecule has 2 heterocycles. The third-order valence-electron chi connectivity index (χ3n) is 4.33. The number of rotatable bonds is 8. The third kappa shape index (κ3) is 4.79. The normalized spacial score (nSPS) is 14.0. The van der Waals surface area contributed by atoms with E-state index in [0.717, 1.165) is 31.5 Å². The van der Waals surface area contributed by atoms with Crippen LogP contribution in [0.25, 0.3) is 0 Å². The molecule has 0 aliphatic carbocycles. The number of carbonyl (C=O) groups excluding carboxylic acids is 2. The zero-order chi connectivity index (χ0) is 19.2. The topological polar surface area (TPSA) is 100 Å². The Hall–Kier alpha value is -2.55. The lowest BCUT2D eigenvalue weighted by Gasteiger charge is -2.16. The summed E-state index contributed by atoms with van der Waals surface area (Å²) in [4.78, 5) is 37.5. The number of nitrogens with zero attached hydrogens (tertiary/aromatic N) is 3. The second-order valence-electron chi connectivity index (χ2n) is 6.35. The number of hydrogen-bond acceptors (Lipinski definition) is 5. The van der Waals surface area contributed by atoms with E-state index in [4.69, 9.17) is 0 Å². The van der Waals surface area contributed by atoms with Gasteiger partial charge in [0.05, 0.1) is 5.75 Å². The molecule has 0 unspecified atom stereocenters. The first-order valence-corrected chi connectivity index (χ1v) is 10.1. The SMILES string of the molecule is CCCCn1c(SCC(=O)Nc2ccc(N3CCCC3=O)cc2)n[nH]c1=O. The fourth-order valence-electron chi connectivity index (χ4n) is 2.90. The molecule has 1 aliphatic heterocycles. The van der Waals surface area contributed by atoms with E-state index in [-0.39, 0.29) is 23.3 Å². The highest BCUT2D eigenvalue weighted by Crippen LogP contribution is 2.23. The fraction of sp³-hybridized carbons (Fsp3) is 0.444. The summed E-state index contributed by atoms with van der Waals surface area (Å²) in [7, 11) is 0. The van der Waals surface area contributed by atoms with Gasteiger partial charge in [-0.3, -0.25) is 14.2 Å². The first-order chi connectivity index (χ1) is 13.1. The van der Waals surface area contributed by atoms with Gasteiger partial charge in [0.1, 0.15) is 0 Å². The number of aromatic amines is 1. The fourth-order valence-corrected chi connectivity index (χ4v) is 3.67. The predicted molar refractivity (Wildman–Crippen MR) is 105 cm³/mol. The molecular weight excluding hydrogens is 366 g/mol. The van der Waals surface area contributed by atoms with Crippen LogP contribution >= 0.6 is 11.8 Å². The van der Waals surface area contributed by atoms with Crippen molar-refractivity contribution < 1.29 is 9.59 Å². The number of benzene rings is 1. The zero-order valence-corrected chi connectivity index (χ0v) is 16.1. The molecule has 0 spiro atoms. The number of amides is 2. The molecule has 144 valence electrons. The van der Waals surface area contributed by atoms with Gasteiger partial charge < -0.3 is 10.2 Å². The maximum atomic E-state index is 12.2. The molecule has 0 saturated carbocycles. The van der Waals surface area contributed by atoms with Crippen molar-refractivity contribution in [3.63, 3.8) is 0 Å². The summed E-state index contributed by atoms with van der Waals surface area (Å²) in [6.07, 6.45) is 3.32. The van der Waals surface area contributed by atoms with Gasteiger partial charge in [-0.05, 0) is 37.1 Å². The van der Waals surface area contributed by atoms with Crippen molar-refractivity contribution in [2.75, 3.05) is 22.5 Å². The van der Waals surface area contributed by atoms with Gasteiger partial charge in [0.15, 0.2) is 5.16 Å². The van der Waals surface area contributed by atoms with Gasteiger partial charge in [0.2, 0.25) is 11.8 Å². The molecule has 1 aliphatic rings. The van der Waals surface area contributed by atoms with Crippen LogP contribution < -0.4 is 15.9 Å². The minimum atomic E-state index is -0.251. The van der Waals surface area contributed by atoms with Crippen molar-refractivity contribution in [1.82, 2.24) is 14.8 Å². The molecule has 8 nitrogen and oxygen atoms in total. The molecule has 1 fully saturated rings. The summed E-state index contributed by atoms with van der Waals surface area (Å²) in [5, 5.41) is 9.75. The quantitative estimate of drug-likeness (QED) is 0.675. The maximum absolute atomic E-state index is 12.2. The van der Waals surface area contributed by atoms with E-state index in [1.165, 1.54) is 11.8 Å². The van der Waals surface area contributed by atoms with Crippen LogP contribution in [0.5, 0.6) is 0 Å². The van der Waals surface area contributed by atoms with E-state index < -0.39 is 0 Å². The first kappa shape index (κ1) is 19.2. The van der Waals surface area contributed by atoms with Crippen molar-refractivity contribution in [1.29, 1.82) is 0 Å². The molecule has 2 N–H and O–H groups in total. The van der Waals surface area contributed by atoms with E-state index in [2.05, 4.69) is 22.4 Å². The second-order valence-corrected chi connectivity index (χ2v) is 7.29. The van der Waals surface area contributed by atoms with Crippen LogP contribution in [0.1, 0.15) is 32.6 Å². The van der Waals surface area contributed by atoms with Crippen molar-refractivity contribution in [3.8, 4) is 0 Å². The number of unbranched alkanes of at least 4 members (excludes halogenated alkanes) is 1. The lowest BCUT2D eigenvalue weighted by atomic mass is 10.2. The van der Waals surface area contributed by atoms with Gasteiger partial charge in [-0.15, -0.1) is 5.10 Å². The standard InChI is InChI=1S/C18H23N5O3S/c1-2-3-10-23-17(26)20-21-18(23)27-12-15(24)19-13-6-8-14(9-7-13)22-11-4-5-16(22)25/h6-9H,2-5,10-12H2,1H3,(H,19,24)(H,20,26). The van der Waals surface area contributed by atoms with E-state index in [0.29, 0.717) is 23.8 Å². The van der Waals surface area contributed by atoms with Gasteiger partial charge in [-0.2, -0.15) is 0 Å². The molecule has 2 aromatic rings. The molecule has 27 heavy (non-hydrogen) atoms. The minimum Gasteiger partial charge on any atom is -0.325 e. The summed E-state index contributed by atoms with van der Waals surface area (Å²) in [5.41, 5.74) is 1.26. The summed E-state index contributed by atoms with van der Waals surface area (Å²) in [6.45, 7) is 3.38. The minimum absolute atomic E-state index is 0.135. The van der Waals surface area contributed by atoms with Crippen LogP contribution in [-0.4, -0.2) is 38.9 Å². The Morgan fingerprint density at radius 2 is 2.07 bits per heavy atom. The van der Waals surface area contributed by atoms with E-state index in [9.17, 15) is 14.4 Å². The molecule has 3 rings (SSSR count). The highest BCUT2D eigenvalue weighted by atomic mass is 32.2. The van der Waals surface area contributed by atoms with E-state index in [1.54, 1.807) is 21.6 Å². The highest BCUT2D eigenvalue weighted by Gasteiger charge is 2.21. The average molecular weight is 389 g/mol. The Bertz CT molecular complexity index is 859. The molecule has 9 heteroatoms. The van der Waals surface area contributed by atoms with Gasteiger partial charge in [-0.25, -0.2) is 9.89 Å². The Morgan fingerprint density at radius 1 is 1.30 bits per heavy atom. The van der Waals surface area contributed by atoms with Crippen molar-refractivity contribution in [3.05, 3.63) is 34.7 Å². The number of anilines is 2. The number of thioether (sulfide) groups is 1. The zero-order valence-electron chi connectivity index (χ0n) is 15.2. The van der Waals surface area contributed by atoms with Crippen LogP contribution in [0.4, 0.5) is 11.4 Å². The average Bonchev–Trinajstić information content (AvgIpc) is 3.24. The monoisotopic (exact) mass is 389 g/mol. The van der Waals surface area contributed by atoms with Crippen molar-refractivity contribution >= 4 is 35.0 Å². The van der Waals surface area contributed by atoms with Crippen molar-refractivity contribution in [2.24, 2.45) is 0 Å². The second kappa shape index (κ2) is 8.90. The van der Waals surface area contributed by atoms with Gasteiger partial charge >= 0.3 is 5.69 Å². The first-order valence-electron chi connectivity index (χ1n) is 9.06. The Labute approximate surface area is 161 Å². The number of hydrogen-bond donors (Lipinski definition) is 2. The van der Waals surface area contributed by atoms with E-state index in [1.807, 2.05) is 12.1 Å². The number of nitrogens with one attached hydrogen (secondary N) is 2. The molecule has 1 saturated heterocycles. The van der Waals surface area contributed by atoms with Crippen LogP contribution in [-0.2, 0) is 16.1 Å². The number of aromatic nitrogens is 3. The lowest BCUT2D eigenvalue weighted by molar-refractivity contribution is -0.117. The molecule has 0 bridgehead atoms. The van der Waals surface area contributed by atoms with E-state index >= 15 is 0 Å². The molecule has 0 atom stereocenters. The molecule has 0 radical (unpaired) electrons. The largest absolute Gasteiger partial charge is 0.343 e. The molecular formula is C18H23N5O3S. The smallest absolute Gasteiger partial charge is 0.325 e. The van der Waals surface area contributed by atoms with Crippen LogP contribution in [0.15, 0.2) is 34.2 Å². The Balaban J connectivity index is 1.54. The Kier molecular flexibility index (Phi) is 6.33. The third-order valence-corrected chi connectivity index (χ3v) is 5.30. The van der Waals surface area contributed by atoms with Gasteiger partial charge in [0, 0.05) is 30.9 Å². The summed E-state index contributed by atoms with van der Waals surface area (Å²) in [5.74, 6) is 0.113. The van der Waals surface area contributed by atoms with Crippen LogP contribution in [0.2, 0.25) is 0 Å².